The second kappa shape index (κ2) is 10.5. The first-order chi connectivity index (χ1) is 15.4. The minimum atomic E-state index is -1.39. The quantitative estimate of drug-likeness (QED) is 0.265. The third kappa shape index (κ3) is 5.89. The molecule has 0 bridgehead atoms. The van der Waals surface area contributed by atoms with Crippen molar-refractivity contribution in [1.29, 1.82) is 0 Å². The second-order valence-electron chi connectivity index (χ2n) is 6.66. The third-order valence-electron chi connectivity index (χ3n) is 4.29. The number of anilines is 2. The highest BCUT2D eigenvalue weighted by molar-refractivity contribution is 5.98. The second-order valence-corrected chi connectivity index (χ2v) is 6.66. The van der Waals surface area contributed by atoms with E-state index in [9.17, 15) is 22.8 Å². The molecule has 0 aliphatic rings. The molecule has 2 aromatic heterocycles. The van der Waals surface area contributed by atoms with Gasteiger partial charge in [0.15, 0.2) is 11.6 Å². The van der Waals surface area contributed by atoms with E-state index in [4.69, 9.17) is 5.73 Å². The molecule has 0 saturated carbocycles. The number of amides is 2. The molecular formula is C20H20F3N7O2. The number of pyridine rings is 1. The summed E-state index contributed by atoms with van der Waals surface area (Å²) in [4.78, 5) is 34.9. The van der Waals surface area contributed by atoms with E-state index in [1.165, 1.54) is 12.4 Å². The van der Waals surface area contributed by atoms with E-state index in [1.54, 1.807) is 12.1 Å². The van der Waals surface area contributed by atoms with E-state index in [0.29, 0.717) is 30.8 Å². The van der Waals surface area contributed by atoms with Crippen LogP contribution in [-0.2, 0) is 6.54 Å². The van der Waals surface area contributed by atoms with E-state index in [2.05, 4.69) is 25.6 Å². The molecule has 1 aromatic carbocycles. The number of aromatic amines is 1. The fourth-order valence-corrected chi connectivity index (χ4v) is 2.68. The predicted molar refractivity (Wildman–Crippen MR) is 112 cm³/mol. The number of nitrogens with two attached hydrogens (primary N) is 1. The van der Waals surface area contributed by atoms with Crippen LogP contribution in [0.15, 0.2) is 41.5 Å². The van der Waals surface area contributed by atoms with Gasteiger partial charge in [-0.3, -0.25) is 20.1 Å². The lowest BCUT2D eigenvalue weighted by atomic mass is 10.1. The molecule has 9 nitrogen and oxygen atoms in total. The van der Waals surface area contributed by atoms with Crippen LogP contribution in [0.2, 0.25) is 0 Å². The van der Waals surface area contributed by atoms with Gasteiger partial charge in [0.25, 0.3) is 5.56 Å². The number of carbonyl (C=O) groups excluding carboxylic acids is 1. The summed E-state index contributed by atoms with van der Waals surface area (Å²) in [6.07, 6.45) is 3.62. The molecule has 3 aromatic rings. The molecule has 0 fully saturated rings. The van der Waals surface area contributed by atoms with Crippen molar-refractivity contribution in [2.75, 3.05) is 23.7 Å². The molecule has 12 heteroatoms. The maximum absolute atomic E-state index is 13.6. The normalized spacial score (nSPS) is 10.8. The lowest BCUT2D eigenvalue weighted by Crippen LogP contribution is -2.24. The van der Waals surface area contributed by atoms with Gasteiger partial charge in [-0.25, -0.2) is 22.9 Å². The Kier molecular flexibility index (Phi) is 7.52. The number of halogens is 3. The zero-order valence-corrected chi connectivity index (χ0v) is 16.7. The van der Waals surface area contributed by atoms with Crippen LogP contribution in [0.25, 0.3) is 11.1 Å². The van der Waals surface area contributed by atoms with Crippen LogP contribution in [-0.4, -0.2) is 34.1 Å². The minimum Gasteiger partial charge on any atom is -0.330 e. The van der Waals surface area contributed by atoms with Crippen LogP contribution in [0.4, 0.5) is 29.6 Å². The van der Waals surface area contributed by atoms with Gasteiger partial charge >= 0.3 is 6.03 Å². The van der Waals surface area contributed by atoms with Crippen LogP contribution in [0.3, 0.4) is 0 Å². The molecule has 0 atom stereocenters. The van der Waals surface area contributed by atoms with Gasteiger partial charge in [0.2, 0.25) is 5.95 Å². The van der Waals surface area contributed by atoms with Gasteiger partial charge in [0.1, 0.15) is 5.82 Å². The van der Waals surface area contributed by atoms with Crippen molar-refractivity contribution in [3.8, 4) is 11.1 Å². The maximum atomic E-state index is 13.6. The van der Waals surface area contributed by atoms with Crippen molar-refractivity contribution in [3.63, 3.8) is 0 Å². The SMILES string of the molecule is NCCCNCc1ccc(-c2cnc(NC(=O)Nc3cc(F)c(F)cc3F)[nH]c2=O)cn1. The van der Waals surface area contributed by atoms with Crippen LogP contribution in [0.1, 0.15) is 12.1 Å². The first-order valence-corrected chi connectivity index (χ1v) is 9.55. The summed E-state index contributed by atoms with van der Waals surface area (Å²) < 4.78 is 39.8. The fourth-order valence-electron chi connectivity index (χ4n) is 2.68. The number of urea groups is 1. The van der Waals surface area contributed by atoms with Crippen molar-refractivity contribution in [1.82, 2.24) is 20.3 Å². The van der Waals surface area contributed by atoms with Crippen LogP contribution in [0, 0.1) is 17.5 Å². The highest BCUT2D eigenvalue weighted by atomic mass is 19.2. The number of benzene rings is 1. The molecule has 0 saturated heterocycles. The van der Waals surface area contributed by atoms with Crippen LogP contribution in [0.5, 0.6) is 0 Å². The highest BCUT2D eigenvalue weighted by Crippen LogP contribution is 2.19. The van der Waals surface area contributed by atoms with Gasteiger partial charge in [-0.1, -0.05) is 6.07 Å². The van der Waals surface area contributed by atoms with Crippen molar-refractivity contribution >= 4 is 17.7 Å². The smallest absolute Gasteiger partial charge is 0.326 e. The topological polar surface area (TPSA) is 138 Å². The summed E-state index contributed by atoms with van der Waals surface area (Å²) in [5, 5.41) is 7.38. The summed E-state index contributed by atoms with van der Waals surface area (Å²) >= 11 is 0. The predicted octanol–water partition coefficient (Wildman–Crippen LogP) is 2.33. The molecule has 0 aliphatic heterocycles. The van der Waals surface area contributed by atoms with Gasteiger partial charge in [0, 0.05) is 36.6 Å². The summed E-state index contributed by atoms with van der Waals surface area (Å²) in [6.45, 7) is 1.93. The number of hydrogen-bond donors (Lipinski definition) is 5. The van der Waals surface area contributed by atoms with E-state index in [1.807, 2.05) is 5.32 Å². The molecule has 0 radical (unpaired) electrons. The average molecular weight is 447 g/mol. The number of H-pyrrole nitrogens is 1. The monoisotopic (exact) mass is 447 g/mol. The van der Waals surface area contributed by atoms with Gasteiger partial charge in [-0.2, -0.15) is 0 Å². The van der Waals surface area contributed by atoms with E-state index in [-0.39, 0.29) is 11.5 Å². The summed E-state index contributed by atoms with van der Waals surface area (Å²) in [5.74, 6) is -4.11. The lowest BCUT2D eigenvalue weighted by Gasteiger charge is -2.09. The molecule has 6 N–H and O–H groups in total. The molecule has 0 spiro atoms. The van der Waals surface area contributed by atoms with Gasteiger partial charge in [-0.15, -0.1) is 0 Å². The lowest BCUT2D eigenvalue weighted by molar-refractivity contribution is 0.262. The largest absolute Gasteiger partial charge is 0.330 e. The van der Waals surface area contributed by atoms with Gasteiger partial charge < -0.3 is 16.4 Å². The molecule has 0 unspecified atom stereocenters. The Morgan fingerprint density at radius 2 is 1.81 bits per heavy atom. The van der Waals surface area contributed by atoms with Crippen molar-refractivity contribution in [2.24, 2.45) is 5.73 Å². The van der Waals surface area contributed by atoms with Crippen LogP contribution < -0.4 is 27.2 Å². The van der Waals surface area contributed by atoms with E-state index < -0.39 is 34.7 Å². The number of carbonyl (C=O) groups is 1. The van der Waals surface area contributed by atoms with Gasteiger partial charge in [0.05, 0.1) is 16.9 Å². The summed E-state index contributed by atoms with van der Waals surface area (Å²) in [6, 6.07) is 3.26. The number of hydrogen-bond acceptors (Lipinski definition) is 6. The Hall–Kier alpha value is -3.77. The molecule has 0 aliphatic carbocycles. The third-order valence-corrected chi connectivity index (χ3v) is 4.29. The molecular weight excluding hydrogens is 427 g/mol. The summed E-state index contributed by atoms with van der Waals surface area (Å²) in [7, 11) is 0. The fraction of sp³-hybridized carbons (Fsp3) is 0.200. The zero-order chi connectivity index (χ0) is 23.1. The van der Waals surface area contributed by atoms with Crippen molar-refractivity contribution in [2.45, 2.75) is 13.0 Å². The number of nitrogens with zero attached hydrogens (tertiary/aromatic N) is 2. The Balaban J connectivity index is 1.64. The Labute approximate surface area is 180 Å². The molecule has 2 amide bonds. The van der Waals surface area contributed by atoms with E-state index >= 15 is 0 Å². The van der Waals surface area contributed by atoms with Crippen LogP contribution >= 0.6 is 0 Å². The van der Waals surface area contributed by atoms with Crippen molar-refractivity contribution < 1.29 is 18.0 Å². The summed E-state index contributed by atoms with van der Waals surface area (Å²) in [5.41, 5.74) is 5.83. The molecule has 2 heterocycles. The minimum absolute atomic E-state index is 0.220. The Bertz CT molecular complexity index is 1150. The van der Waals surface area contributed by atoms with E-state index in [0.717, 1.165) is 18.7 Å². The average Bonchev–Trinajstić information content (AvgIpc) is 2.76. The molecule has 3 rings (SSSR count). The maximum Gasteiger partial charge on any atom is 0.326 e. The Morgan fingerprint density at radius 3 is 2.50 bits per heavy atom. The number of aromatic nitrogens is 3. The number of nitrogens with one attached hydrogen (secondary N) is 4. The molecule has 168 valence electrons. The standard InChI is InChI=1S/C20H20F3N7O2/c21-14-6-16(23)17(7-15(14)22)28-20(32)30-19-27-10-13(18(31)29-19)11-2-3-12(26-8-11)9-25-5-1-4-24/h2-3,6-8,10,25H,1,4-5,9,24H2,(H3,27,28,29,30,31,32). The van der Waals surface area contributed by atoms with Gasteiger partial charge in [-0.05, 0) is 25.6 Å². The number of rotatable bonds is 8. The highest BCUT2D eigenvalue weighted by Gasteiger charge is 2.14. The Morgan fingerprint density at radius 1 is 1.03 bits per heavy atom. The first-order valence-electron chi connectivity index (χ1n) is 9.55. The first kappa shape index (κ1) is 22.9. The zero-order valence-electron chi connectivity index (χ0n) is 16.7. The molecule has 32 heavy (non-hydrogen) atoms. The van der Waals surface area contributed by atoms with Crippen molar-refractivity contribution in [3.05, 3.63) is 70.2 Å².